The first-order valence-electron chi connectivity index (χ1n) is 15.0. The van der Waals surface area contributed by atoms with Crippen molar-refractivity contribution in [3.8, 4) is 0 Å². The first-order valence-corrected chi connectivity index (χ1v) is 15.0. The number of carbonyl (C=O) groups is 3. The van der Waals surface area contributed by atoms with Crippen LogP contribution in [-0.2, 0) is 9.57 Å². The summed E-state index contributed by atoms with van der Waals surface area (Å²) in [5.74, 6) is -0.996. The Bertz CT molecular complexity index is 1890. The first kappa shape index (κ1) is 43.7. The summed E-state index contributed by atoms with van der Waals surface area (Å²) in [5.41, 5.74) is 4.23. The summed E-state index contributed by atoms with van der Waals surface area (Å²) in [7, 11) is 3.04. The van der Waals surface area contributed by atoms with E-state index < -0.39 is 5.97 Å². The van der Waals surface area contributed by atoms with Crippen LogP contribution in [-0.4, -0.2) is 93.2 Å². The molecular weight excluding hydrogens is 713 g/mol. The molecule has 3 aromatic heterocycles. The monoisotopic (exact) mass is 750 g/mol. The maximum Gasteiger partial charge on any atom is 2.00 e. The van der Waals surface area contributed by atoms with Gasteiger partial charge in [0.2, 0.25) is 0 Å². The molecule has 1 N–H and O–H groups in total. The summed E-state index contributed by atoms with van der Waals surface area (Å²) >= 11 is 0. The molecule has 256 valence electrons. The largest absolute Gasteiger partial charge is 2.00 e. The van der Waals surface area contributed by atoms with Crippen LogP contribution in [0.2, 0.25) is 0 Å². The molecule has 12 heteroatoms. The van der Waals surface area contributed by atoms with Gasteiger partial charge in [-0.15, -0.1) is 0 Å². The van der Waals surface area contributed by atoms with Gasteiger partial charge in [0.1, 0.15) is 0 Å². The Hall–Kier alpha value is -4.33. The van der Waals surface area contributed by atoms with Crippen LogP contribution in [0.3, 0.4) is 0 Å². The Morgan fingerprint density at radius 2 is 1.10 bits per heavy atom. The number of aromatic carboxylic acids is 1. The van der Waals surface area contributed by atoms with Crippen LogP contribution >= 0.6 is 0 Å². The van der Waals surface area contributed by atoms with Crippen molar-refractivity contribution in [2.45, 2.75) is 19.8 Å². The number of carboxylic acids is 1. The summed E-state index contributed by atoms with van der Waals surface area (Å²) in [6, 6.07) is 27.0. The molecule has 0 spiro atoms. The molecule has 7 rings (SSSR count). The van der Waals surface area contributed by atoms with Gasteiger partial charge in [-0.3, -0.25) is 29.4 Å². The standard InChI is InChI=1S/C12H12N2O2.C11H9NO.C10H7NO2.C4H8O.CH3.BrH.Mg/c1-14(16-2)12(15)10-5-6-11-9(8-10)4-3-7-13-11;1-8(13)9-4-5-11-10(7-9)3-2-6-12-11;12-10(13)8-3-4-9-7(6-8)2-1-5-11-9;1-2-4-5-3-1;;;/h3-8H,1-2H3;2-7H,1H3;1-6H,(H,12,13);1-4H2;1H3;1H;/q;;;;-1;;+2/p-1. The van der Waals surface area contributed by atoms with Gasteiger partial charge in [-0.2, -0.15) is 0 Å². The maximum atomic E-state index is 11.8. The predicted molar refractivity (Wildman–Crippen MR) is 194 cm³/mol. The smallest absolute Gasteiger partial charge is 1.00 e. The topological polar surface area (TPSA) is 132 Å². The molecule has 50 heavy (non-hydrogen) atoms. The van der Waals surface area contributed by atoms with E-state index in [-0.39, 0.29) is 59.2 Å². The second-order valence-electron chi connectivity index (χ2n) is 10.4. The zero-order valence-electron chi connectivity index (χ0n) is 28.6. The molecule has 10 nitrogen and oxygen atoms in total. The second-order valence-corrected chi connectivity index (χ2v) is 10.4. The van der Waals surface area contributed by atoms with Gasteiger partial charge in [0.25, 0.3) is 5.91 Å². The van der Waals surface area contributed by atoms with Crippen LogP contribution in [0.25, 0.3) is 32.7 Å². The van der Waals surface area contributed by atoms with Crippen LogP contribution in [0.1, 0.15) is 50.8 Å². The van der Waals surface area contributed by atoms with Gasteiger partial charge in [0.05, 0.1) is 29.2 Å². The molecule has 0 aliphatic carbocycles. The number of amides is 1. The van der Waals surface area contributed by atoms with Crippen molar-refractivity contribution in [3.05, 3.63) is 134 Å². The number of rotatable bonds is 4. The number of fused-ring (bicyclic) bond motifs is 3. The zero-order chi connectivity index (χ0) is 33.6. The number of pyridine rings is 3. The van der Waals surface area contributed by atoms with E-state index >= 15 is 0 Å². The van der Waals surface area contributed by atoms with Crippen molar-refractivity contribution < 1.29 is 46.0 Å². The number of Topliss-reactive ketones (excluding diaryl/α,β-unsaturated/α-hetero) is 1. The Morgan fingerprint density at radius 3 is 1.48 bits per heavy atom. The fraction of sp³-hybridized carbons (Fsp3) is 0.184. The Labute approximate surface area is 318 Å². The van der Waals surface area contributed by atoms with Gasteiger partial charge >= 0.3 is 29.0 Å². The van der Waals surface area contributed by atoms with Gasteiger partial charge in [-0.25, -0.2) is 9.86 Å². The molecule has 0 atom stereocenters. The van der Waals surface area contributed by atoms with Gasteiger partial charge in [0, 0.05) is 66.1 Å². The molecule has 0 saturated carbocycles. The fourth-order valence-corrected chi connectivity index (χ4v) is 4.49. The Morgan fingerprint density at radius 1 is 0.700 bits per heavy atom. The molecule has 3 aromatic carbocycles. The van der Waals surface area contributed by atoms with E-state index in [4.69, 9.17) is 14.7 Å². The molecule has 0 bridgehead atoms. The van der Waals surface area contributed by atoms with Crippen LogP contribution in [0.15, 0.2) is 110 Å². The number of hydrogen-bond donors (Lipinski definition) is 1. The maximum absolute atomic E-state index is 11.8. The number of halogens is 1. The minimum absolute atomic E-state index is 0. The average Bonchev–Trinajstić information content (AvgIpc) is 3.71. The SMILES string of the molecule is C1CCOC1.CC(=O)c1ccc2ncccc2c1.CON(C)C(=O)c1ccc2ncccc2c1.O=C(O)c1ccc2ncccc2c1.[Br-].[CH3-].[Mg+2]. The van der Waals surface area contributed by atoms with Crippen molar-refractivity contribution >= 4 is 73.4 Å². The Kier molecular flexibility index (Phi) is 19.6. The van der Waals surface area contributed by atoms with E-state index in [9.17, 15) is 14.4 Å². The number of aromatic nitrogens is 3. The van der Waals surface area contributed by atoms with Crippen molar-refractivity contribution in [3.63, 3.8) is 0 Å². The summed E-state index contributed by atoms with van der Waals surface area (Å²) in [6.07, 6.45) is 7.71. The van der Waals surface area contributed by atoms with E-state index in [2.05, 4.69) is 15.0 Å². The number of carbonyl (C=O) groups excluding carboxylic acids is 2. The predicted octanol–water partition coefficient (Wildman–Crippen LogP) is 4.11. The number of carboxylic acid groups (broad SMARTS) is 1. The van der Waals surface area contributed by atoms with Crippen LogP contribution < -0.4 is 17.0 Å². The number of hydrogen-bond acceptors (Lipinski definition) is 8. The van der Waals surface area contributed by atoms with Gasteiger partial charge in [-0.05, 0) is 92.6 Å². The third-order valence-electron chi connectivity index (χ3n) is 7.10. The molecule has 1 amide bonds. The molecular formula is C38H39BrMgN4O6. The summed E-state index contributed by atoms with van der Waals surface area (Å²) < 4.78 is 4.94. The minimum atomic E-state index is -0.911. The number of hydroxylamine groups is 2. The van der Waals surface area contributed by atoms with Crippen molar-refractivity contribution in [2.24, 2.45) is 0 Å². The van der Waals surface area contributed by atoms with Crippen LogP contribution in [0.4, 0.5) is 0 Å². The summed E-state index contributed by atoms with van der Waals surface area (Å²) in [6.45, 7) is 3.57. The van der Waals surface area contributed by atoms with E-state index in [1.165, 1.54) is 25.0 Å². The minimum Gasteiger partial charge on any atom is -1.00 e. The molecule has 0 radical (unpaired) electrons. The number of benzene rings is 3. The van der Waals surface area contributed by atoms with Gasteiger partial charge < -0.3 is 34.3 Å². The van der Waals surface area contributed by atoms with E-state index in [0.29, 0.717) is 11.1 Å². The van der Waals surface area contributed by atoms with Gasteiger partial charge in [0.15, 0.2) is 5.78 Å². The first-order chi connectivity index (χ1) is 22.8. The van der Waals surface area contributed by atoms with Crippen molar-refractivity contribution in [1.82, 2.24) is 20.0 Å². The van der Waals surface area contributed by atoms with Gasteiger partial charge in [-0.1, -0.05) is 18.2 Å². The molecule has 0 unspecified atom stereocenters. The molecule has 1 aliphatic heterocycles. The van der Waals surface area contributed by atoms with E-state index in [1.54, 1.807) is 75.0 Å². The second kappa shape index (κ2) is 22.4. The van der Waals surface area contributed by atoms with Crippen LogP contribution in [0.5, 0.6) is 0 Å². The van der Waals surface area contributed by atoms with E-state index in [1.807, 2.05) is 48.5 Å². The molecule has 6 aromatic rings. The molecule has 1 saturated heterocycles. The quantitative estimate of drug-likeness (QED) is 0.122. The van der Waals surface area contributed by atoms with Crippen molar-refractivity contribution in [1.29, 1.82) is 0 Å². The van der Waals surface area contributed by atoms with Crippen molar-refractivity contribution in [2.75, 3.05) is 27.4 Å². The number of ether oxygens (including phenoxy) is 1. The fourth-order valence-electron chi connectivity index (χ4n) is 4.49. The van der Waals surface area contributed by atoms with E-state index in [0.717, 1.165) is 51.5 Å². The zero-order valence-corrected chi connectivity index (χ0v) is 31.6. The van der Waals surface area contributed by atoms with Crippen LogP contribution in [0, 0.1) is 7.43 Å². The molecule has 1 fully saturated rings. The molecule has 4 heterocycles. The number of nitrogens with zero attached hydrogens (tertiary/aromatic N) is 4. The summed E-state index contributed by atoms with van der Waals surface area (Å²) in [5, 5.41) is 12.7. The normalized spacial score (nSPS) is 11.0. The third kappa shape index (κ3) is 12.8. The average molecular weight is 752 g/mol. The third-order valence-corrected chi connectivity index (χ3v) is 7.10. The molecule has 1 aliphatic rings. The number of ketones is 1. The Balaban J connectivity index is 0.000000342. The summed E-state index contributed by atoms with van der Waals surface area (Å²) in [4.78, 5) is 50.8.